The molecule has 29 heavy (non-hydrogen) atoms. The van der Waals surface area contributed by atoms with Crippen LogP contribution in [0.1, 0.15) is 47.2 Å². The SMILES string of the molecule is C#CCOCCCCNC(=O)c1cc2cc3c4c(c2oc1=O)CCCN4CCC3. The Morgan fingerprint density at radius 1 is 1.24 bits per heavy atom. The van der Waals surface area contributed by atoms with Crippen molar-refractivity contribution in [3.05, 3.63) is 39.2 Å². The van der Waals surface area contributed by atoms with Gasteiger partial charge in [-0.3, -0.25) is 4.79 Å². The molecule has 4 rings (SSSR count). The van der Waals surface area contributed by atoms with Gasteiger partial charge in [-0.2, -0.15) is 0 Å². The number of nitrogens with one attached hydrogen (secondary N) is 1. The zero-order chi connectivity index (χ0) is 20.2. The summed E-state index contributed by atoms with van der Waals surface area (Å²) < 4.78 is 10.9. The lowest BCUT2D eigenvalue weighted by Crippen LogP contribution is -2.34. The zero-order valence-corrected chi connectivity index (χ0v) is 16.6. The summed E-state index contributed by atoms with van der Waals surface area (Å²) in [7, 11) is 0. The maximum atomic E-state index is 12.5. The first kappa shape index (κ1) is 19.5. The maximum Gasteiger partial charge on any atom is 0.349 e. The van der Waals surface area contributed by atoms with E-state index in [-0.39, 0.29) is 5.56 Å². The number of nitrogens with zero attached hydrogens (tertiary/aromatic N) is 1. The van der Waals surface area contributed by atoms with E-state index in [2.05, 4.69) is 22.2 Å². The Labute approximate surface area is 170 Å². The number of rotatable bonds is 7. The molecule has 2 aromatic rings. The third kappa shape index (κ3) is 4.01. The summed E-state index contributed by atoms with van der Waals surface area (Å²) in [5.41, 5.74) is 3.81. The van der Waals surface area contributed by atoms with E-state index < -0.39 is 11.5 Å². The highest BCUT2D eigenvalue weighted by Crippen LogP contribution is 2.39. The molecule has 0 aliphatic carbocycles. The first-order chi connectivity index (χ1) is 14.2. The third-order valence-corrected chi connectivity index (χ3v) is 5.65. The minimum absolute atomic E-state index is 0.0664. The predicted molar refractivity (Wildman–Crippen MR) is 113 cm³/mol. The van der Waals surface area contributed by atoms with E-state index in [1.165, 1.54) is 11.3 Å². The fourth-order valence-electron chi connectivity index (χ4n) is 4.36. The minimum Gasteiger partial charge on any atom is -0.422 e. The van der Waals surface area contributed by atoms with Crippen LogP contribution in [0.25, 0.3) is 11.0 Å². The van der Waals surface area contributed by atoms with Crippen LogP contribution in [0, 0.1) is 12.3 Å². The number of terminal acetylenes is 1. The average molecular weight is 394 g/mol. The highest BCUT2D eigenvalue weighted by Gasteiger charge is 2.27. The maximum absolute atomic E-state index is 12.5. The fraction of sp³-hybridized carbons (Fsp3) is 0.478. The Bertz CT molecular complexity index is 1020. The topological polar surface area (TPSA) is 71.8 Å². The van der Waals surface area contributed by atoms with Gasteiger partial charge in [-0.05, 0) is 56.2 Å². The molecule has 6 heteroatoms. The molecular weight excluding hydrogens is 368 g/mol. The molecule has 0 saturated carbocycles. The summed E-state index contributed by atoms with van der Waals surface area (Å²) in [6.07, 6.45) is 10.8. The van der Waals surface area contributed by atoms with Crippen LogP contribution in [0.5, 0.6) is 0 Å². The quantitative estimate of drug-likeness (QED) is 0.444. The summed E-state index contributed by atoms with van der Waals surface area (Å²) >= 11 is 0. The summed E-state index contributed by atoms with van der Waals surface area (Å²) in [5.74, 6) is 2.02. The number of unbranched alkanes of at least 4 members (excludes halogenated alkanes) is 1. The lowest BCUT2D eigenvalue weighted by molar-refractivity contribution is 0.0947. The van der Waals surface area contributed by atoms with E-state index in [9.17, 15) is 9.59 Å². The molecule has 0 fully saturated rings. The monoisotopic (exact) mass is 394 g/mol. The molecule has 0 unspecified atom stereocenters. The summed E-state index contributed by atoms with van der Waals surface area (Å²) in [5, 5.41) is 3.64. The van der Waals surface area contributed by atoms with Gasteiger partial charge in [0.15, 0.2) is 0 Å². The smallest absolute Gasteiger partial charge is 0.349 e. The van der Waals surface area contributed by atoms with Gasteiger partial charge in [0.2, 0.25) is 0 Å². The van der Waals surface area contributed by atoms with E-state index in [0.717, 1.165) is 62.6 Å². The van der Waals surface area contributed by atoms with E-state index in [1.54, 1.807) is 6.07 Å². The van der Waals surface area contributed by atoms with Gasteiger partial charge in [0.25, 0.3) is 5.91 Å². The van der Waals surface area contributed by atoms with E-state index >= 15 is 0 Å². The lowest BCUT2D eigenvalue weighted by atomic mass is 9.90. The molecule has 2 aliphatic heterocycles. The van der Waals surface area contributed by atoms with Crippen LogP contribution in [0.15, 0.2) is 21.3 Å². The van der Waals surface area contributed by atoms with Gasteiger partial charge in [-0.25, -0.2) is 4.79 Å². The van der Waals surface area contributed by atoms with Gasteiger partial charge in [0.05, 0.1) is 0 Å². The van der Waals surface area contributed by atoms with Crippen LogP contribution in [0.4, 0.5) is 5.69 Å². The highest BCUT2D eigenvalue weighted by atomic mass is 16.5. The van der Waals surface area contributed by atoms with E-state index in [4.69, 9.17) is 15.6 Å². The molecule has 1 amide bonds. The van der Waals surface area contributed by atoms with Crippen LogP contribution in [0.2, 0.25) is 0 Å². The number of hydrogen-bond donors (Lipinski definition) is 1. The number of hydrogen-bond acceptors (Lipinski definition) is 5. The van der Waals surface area contributed by atoms with Crippen molar-refractivity contribution in [2.75, 3.05) is 37.7 Å². The molecule has 1 aromatic heterocycles. The van der Waals surface area contributed by atoms with Gasteiger partial charge >= 0.3 is 5.63 Å². The second-order valence-electron chi connectivity index (χ2n) is 7.64. The Hall–Kier alpha value is -2.78. The van der Waals surface area contributed by atoms with Crippen molar-refractivity contribution in [1.82, 2.24) is 5.32 Å². The number of benzene rings is 1. The van der Waals surface area contributed by atoms with Crippen LogP contribution in [-0.4, -0.2) is 38.8 Å². The van der Waals surface area contributed by atoms with E-state index in [1.807, 2.05) is 0 Å². The van der Waals surface area contributed by atoms with Crippen molar-refractivity contribution < 1.29 is 13.9 Å². The molecule has 0 atom stereocenters. The number of aryl methyl sites for hydroxylation is 2. The van der Waals surface area contributed by atoms with Crippen molar-refractivity contribution >= 4 is 22.6 Å². The number of fused-ring (bicyclic) bond motifs is 2. The Morgan fingerprint density at radius 2 is 2.07 bits per heavy atom. The number of amides is 1. The Balaban J connectivity index is 1.52. The largest absolute Gasteiger partial charge is 0.422 e. The normalized spacial score (nSPS) is 15.1. The standard InChI is InChI=1S/C23H26N2O4/c1-2-12-28-13-4-3-9-24-22(26)19-15-17-14-16-7-5-10-25-11-6-8-18(20(16)25)21(17)29-23(19)27/h1,14-15H,3-13H2,(H,24,26). The Morgan fingerprint density at radius 3 is 2.90 bits per heavy atom. The van der Waals surface area contributed by atoms with Gasteiger partial charge in [0.1, 0.15) is 17.8 Å². The molecule has 2 aliphatic rings. The molecule has 0 spiro atoms. The lowest BCUT2D eigenvalue weighted by Gasteiger charge is -2.37. The van der Waals surface area contributed by atoms with Crippen LogP contribution < -0.4 is 15.8 Å². The number of carbonyl (C=O) groups is 1. The summed E-state index contributed by atoms with van der Waals surface area (Å²) in [6, 6.07) is 3.78. The van der Waals surface area contributed by atoms with Crippen LogP contribution >= 0.6 is 0 Å². The molecule has 1 aromatic carbocycles. The molecule has 0 radical (unpaired) electrons. The third-order valence-electron chi connectivity index (χ3n) is 5.65. The fourth-order valence-corrected chi connectivity index (χ4v) is 4.36. The Kier molecular flexibility index (Phi) is 5.86. The van der Waals surface area contributed by atoms with Gasteiger partial charge in [-0.1, -0.05) is 5.92 Å². The molecule has 1 N–H and O–H groups in total. The van der Waals surface area contributed by atoms with Crippen molar-refractivity contribution in [2.45, 2.75) is 38.5 Å². The van der Waals surface area contributed by atoms with Gasteiger partial charge < -0.3 is 19.4 Å². The molecule has 0 bridgehead atoms. The van der Waals surface area contributed by atoms with Crippen molar-refractivity contribution in [3.63, 3.8) is 0 Å². The molecule has 3 heterocycles. The van der Waals surface area contributed by atoms with E-state index in [0.29, 0.717) is 25.3 Å². The number of carbonyl (C=O) groups excluding carboxylic acids is 1. The summed E-state index contributed by atoms with van der Waals surface area (Å²) in [4.78, 5) is 27.5. The van der Waals surface area contributed by atoms with Crippen molar-refractivity contribution in [2.24, 2.45) is 0 Å². The van der Waals surface area contributed by atoms with Crippen molar-refractivity contribution in [1.29, 1.82) is 0 Å². The molecule has 0 saturated heterocycles. The van der Waals surface area contributed by atoms with Crippen molar-refractivity contribution in [3.8, 4) is 12.3 Å². The second-order valence-corrected chi connectivity index (χ2v) is 7.64. The van der Waals surface area contributed by atoms with Crippen LogP contribution in [-0.2, 0) is 17.6 Å². The number of ether oxygens (including phenoxy) is 1. The average Bonchev–Trinajstić information content (AvgIpc) is 2.73. The van der Waals surface area contributed by atoms with Gasteiger partial charge in [-0.15, -0.1) is 6.42 Å². The first-order valence-corrected chi connectivity index (χ1v) is 10.4. The first-order valence-electron chi connectivity index (χ1n) is 10.4. The predicted octanol–water partition coefficient (Wildman–Crippen LogP) is 2.65. The highest BCUT2D eigenvalue weighted by molar-refractivity contribution is 5.98. The second kappa shape index (κ2) is 8.71. The summed E-state index contributed by atoms with van der Waals surface area (Å²) in [6.45, 7) is 3.45. The van der Waals surface area contributed by atoms with Gasteiger partial charge in [0, 0.05) is 42.9 Å². The molecule has 6 nitrogen and oxygen atoms in total. The molecule has 152 valence electrons. The van der Waals surface area contributed by atoms with Crippen LogP contribution in [0.3, 0.4) is 0 Å². The minimum atomic E-state index is -0.573. The zero-order valence-electron chi connectivity index (χ0n) is 16.6. The number of anilines is 1. The molecular formula is C23H26N2O4.